The van der Waals surface area contributed by atoms with Gasteiger partial charge in [-0.15, -0.1) is 0 Å². The van der Waals surface area contributed by atoms with Crippen molar-refractivity contribution in [2.75, 3.05) is 18.5 Å². The molecule has 3 aromatic rings. The van der Waals surface area contributed by atoms with Gasteiger partial charge in [0.1, 0.15) is 11.5 Å². The summed E-state index contributed by atoms with van der Waals surface area (Å²) in [5, 5.41) is 8.20. The van der Waals surface area contributed by atoms with Gasteiger partial charge in [-0.3, -0.25) is 0 Å². The van der Waals surface area contributed by atoms with Crippen LogP contribution in [0.1, 0.15) is 84.7 Å². The molecule has 0 fully saturated rings. The van der Waals surface area contributed by atoms with E-state index in [2.05, 4.69) is 17.6 Å². The first-order chi connectivity index (χ1) is 19.3. The lowest BCUT2D eigenvalue weighted by atomic mass is 9.99. The van der Waals surface area contributed by atoms with Crippen molar-refractivity contribution in [1.29, 1.82) is 0 Å². The fourth-order valence-corrected chi connectivity index (χ4v) is 4.65. The molecule has 7 nitrogen and oxygen atoms in total. The zero-order valence-electron chi connectivity index (χ0n) is 24.5. The summed E-state index contributed by atoms with van der Waals surface area (Å²) in [5.41, 5.74) is 0.518. The highest BCUT2D eigenvalue weighted by Gasteiger charge is 2.31. The topological polar surface area (TPSA) is 85.9 Å². The summed E-state index contributed by atoms with van der Waals surface area (Å²) in [6.07, 6.45) is 6.49. The molecule has 2 amide bonds. The summed E-state index contributed by atoms with van der Waals surface area (Å²) in [7, 11) is 0. The van der Waals surface area contributed by atoms with Gasteiger partial charge in [0.2, 0.25) is 0 Å². The van der Waals surface area contributed by atoms with Crippen molar-refractivity contribution in [3.05, 3.63) is 66.2 Å². The Kier molecular flexibility index (Phi) is 11.7. The average molecular weight is 549 g/mol. The molecule has 1 atom stereocenters. The van der Waals surface area contributed by atoms with E-state index < -0.39 is 11.6 Å². The number of unbranched alkanes of at least 4 members (excludes halogenated alkanes) is 4. The first kappa shape index (κ1) is 30.8. The van der Waals surface area contributed by atoms with Crippen LogP contribution in [0.25, 0.3) is 10.8 Å². The minimum absolute atomic E-state index is 0.195. The Morgan fingerprint density at radius 2 is 1.57 bits per heavy atom. The average Bonchev–Trinajstić information content (AvgIpc) is 2.94. The molecule has 0 heterocycles. The van der Waals surface area contributed by atoms with E-state index in [1.54, 1.807) is 20.8 Å². The minimum Gasteiger partial charge on any atom is -0.492 e. The number of hydrogen-bond acceptors (Lipinski definition) is 5. The molecule has 40 heavy (non-hydrogen) atoms. The second-order valence-corrected chi connectivity index (χ2v) is 10.3. The molecular weight excluding hydrogens is 504 g/mol. The molecule has 0 aliphatic carbocycles. The fourth-order valence-electron chi connectivity index (χ4n) is 4.65. The van der Waals surface area contributed by atoms with Crippen LogP contribution in [0.4, 0.5) is 10.5 Å². The SMILES string of the molecule is CCCCCCCC(NC(=O)Nc1c(OCC)ccc2ccccc12)c1ccc(OC(C)(C)C(=O)OCC)cc1. The number of esters is 1. The molecule has 7 heteroatoms. The molecule has 0 spiro atoms. The van der Waals surface area contributed by atoms with Crippen molar-refractivity contribution in [2.24, 2.45) is 0 Å². The van der Waals surface area contributed by atoms with E-state index in [9.17, 15) is 9.59 Å². The Hall–Kier alpha value is -3.74. The zero-order valence-corrected chi connectivity index (χ0v) is 24.5. The third-order valence-corrected chi connectivity index (χ3v) is 6.75. The first-order valence-electron chi connectivity index (χ1n) is 14.5. The van der Waals surface area contributed by atoms with Crippen LogP contribution >= 0.6 is 0 Å². The van der Waals surface area contributed by atoms with E-state index in [0.717, 1.165) is 35.6 Å². The van der Waals surface area contributed by atoms with Gasteiger partial charge in [-0.2, -0.15) is 0 Å². The Balaban J connectivity index is 1.78. The Labute approximate surface area is 238 Å². The lowest BCUT2D eigenvalue weighted by Crippen LogP contribution is -2.39. The maximum Gasteiger partial charge on any atom is 0.349 e. The zero-order chi connectivity index (χ0) is 29.0. The van der Waals surface area contributed by atoms with Gasteiger partial charge < -0.3 is 24.8 Å². The predicted octanol–water partition coefficient (Wildman–Crippen LogP) is 8.18. The highest BCUT2D eigenvalue weighted by molar-refractivity contribution is 6.04. The number of carbonyl (C=O) groups excluding carboxylic acids is 2. The second kappa shape index (κ2) is 15.2. The molecule has 0 aromatic heterocycles. The summed E-state index contributed by atoms with van der Waals surface area (Å²) in [6.45, 7) is 10.1. The van der Waals surface area contributed by atoms with Gasteiger partial charge >= 0.3 is 12.0 Å². The van der Waals surface area contributed by atoms with Crippen LogP contribution < -0.4 is 20.1 Å². The lowest BCUT2D eigenvalue weighted by Gasteiger charge is -2.25. The van der Waals surface area contributed by atoms with E-state index in [-0.39, 0.29) is 12.1 Å². The van der Waals surface area contributed by atoms with Gasteiger partial charge in [-0.05, 0) is 63.3 Å². The third kappa shape index (κ3) is 8.63. The lowest BCUT2D eigenvalue weighted by molar-refractivity contribution is -0.158. The quantitative estimate of drug-likeness (QED) is 0.148. The van der Waals surface area contributed by atoms with Crippen LogP contribution in [0.5, 0.6) is 11.5 Å². The Bertz CT molecular complexity index is 1240. The van der Waals surface area contributed by atoms with Gasteiger partial charge in [0.25, 0.3) is 0 Å². The monoisotopic (exact) mass is 548 g/mol. The van der Waals surface area contributed by atoms with Crippen molar-refractivity contribution in [3.8, 4) is 11.5 Å². The molecule has 0 bridgehead atoms. The van der Waals surface area contributed by atoms with Gasteiger partial charge in [0.15, 0.2) is 5.60 Å². The molecular formula is C33H44N2O5. The fraction of sp³-hybridized carbons (Fsp3) is 0.455. The molecule has 0 saturated heterocycles. The molecule has 3 rings (SSSR count). The number of fused-ring (bicyclic) bond motifs is 1. The smallest absolute Gasteiger partial charge is 0.349 e. The number of amides is 2. The number of ether oxygens (including phenoxy) is 3. The molecule has 0 aliphatic heterocycles. The van der Waals surface area contributed by atoms with Crippen LogP contribution in [0.2, 0.25) is 0 Å². The molecule has 216 valence electrons. The number of benzene rings is 3. The number of rotatable bonds is 15. The highest BCUT2D eigenvalue weighted by Crippen LogP contribution is 2.34. The summed E-state index contributed by atoms with van der Waals surface area (Å²) in [4.78, 5) is 25.6. The van der Waals surface area contributed by atoms with Crippen LogP contribution in [0.3, 0.4) is 0 Å². The van der Waals surface area contributed by atoms with E-state index in [1.807, 2.05) is 67.6 Å². The van der Waals surface area contributed by atoms with Gasteiger partial charge in [0, 0.05) is 5.39 Å². The molecule has 0 aliphatic rings. The summed E-state index contributed by atoms with van der Waals surface area (Å²) in [6, 6.07) is 18.9. The van der Waals surface area contributed by atoms with Crippen LogP contribution in [0.15, 0.2) is 60.7 Å². The number of carbonyl (C=O) groups is 2. The summed E-state index contributed by atoms with van der Waals surface area (Å²) in [5.74, 6) is 0.783. The van der Waals surface area contributed by atoms with E-state index in [4.69, 9.17) is 14.2 Å². The second-order valence-electron chi connectivity index (χ2n) is 10.3. The number of anilines is 1. The largest absolute Gasteiger partial charge is 0.492 e. The van der Waals surface area contributed by atoms with Crippen LogP contribution in [-0.2, 0) is 9.53 Å². The maximum absolute atomic E-state index is 13.4. The summed E-state index contributed by atoms with van der Waals surface area (Å²) < 4.78 is 16.9. The number of urea groups is 1. The van der Waals surface area contributed by atoms with Crippen molar-refractivity contribution in [1.82, 2.24) is 5.32 Å². The Morgan fingerprint density at radius 1 is 0.850 bits per heavy atom. The summed E-state index contributed by atoms with van der Waals surface area (Å²) >= 11 is 0. The van der Waals surface area contributed by atoms with Crippen molar-refractivity contribution in [3.63, 3.8) is 0 Å². The standard InChI is InChI=1S/C33H44N2O5/c1-6-9-10-11-12-17-28(25-18-21-26(22-19-25)40-33(4,5)31(36)39-8-3)34-32(37)35-30-27-16-14-13-15-24(27)20-23-29(30)38-7-2/h13-16,18-23,28H,6-12,17H2,1-5H3,(H2,34,35,37). The maximum atomic E-state index is 13.4. The first-order valence-corrected chi connectivity index (χ1v) is 14.5. The normalized spacial score (nSPS) is 12.0. The molecule has 1 unspecified atom stereocenters. The van der Waals surface area contributed by atoms with E-state index in [0.29, 0.717) is 30.4 Å². The van der Waals surface area contributed by atoms with Crippen LogP contribution in [-0.4, -0.2) is 30.8 Å². The molecule has 0 saturated carbocycles. The number of nitrogens with one attached hydrogen (secondary N) is 2. The molecule has 0 radical (unpaired) electrons. The van der Waals surface area contributed by atoms with E-state index in [1.165, 1.54) is 19.3 Å². The molecule has 2 N–H and O–H groups in total. The van der Waals surface area contributed by atoms with Gasteiger partial charge in [0.05, 0.1) is 24.9 Å². The van der Waals surface area contributed by atoms with Crippen molar-refractivity contribution >= 4 is 28.5 Å². The molecule has 3 aromatic carbocycles. The van der Waals surface area contributed by atoms with Gasteiger partial charge in [-0.25, -0.2) is 9.59 Å². The van der Waals surface area contributed by atoms with Crippen molar-refractivity contribution < 1.29 is 23.8 Å². The highest BCUT2D eigenvalue weighted by atomic mass is 16.6. The predicted molar refractivity (Wildman–Crippen MR) is 161 cm³/mol. The minimum atomic E-state index is -1.11. The number of hydrogen-bond donors (Lipinski definition) is 2. The third-order valence-electron chi connectivity index (χ3n) is 6.75. The Morgan fingerprint density at radius 3 is 2.27 bits per heavy atom. The van der Waals surface area contributed by atoms with E-state index >= 15 is 0 Å². The van der Waals surface area contributed by atoms with Gasteiger partial charge in [-0.1, -0.05) is 81.5 Å². The van der Waals surface area contributed by atoms with Crippen molar-refractivity contribution in [2.45, 2.75) is 84.8 Å². The van der Waals surface area contributed by atoms with Crippen LogP contribution in [0, 0.1) is 0 Å².